The van der Waals surface area contributed by atoms with Crippen molar-refractivity contribution in [3.63, 3.8) is 0 Å². The Morgan fingerprint density at radius 3 is 2.83 bits per heavy atom. The predicted octanol–water partition coefficient (Wildman–Crippen LogP) is 1.39. The molecular formula is C10H12N2. The maximum Gasteiger partial charge on any atom is 0.117 e. The molecule has 0 unspecified atom stereocenters. The number of nitrogens with zero attached hydrogens (tertiary/aromatic N) is 1. The molecule has 0 saturated heterocycles. The molecule has 2 heteroatoms. The molecular weight excluding hydrogens is 148 g/mol. The van der Waals surface area contributed by atoms with Crippen LogP contribution in [0, 0.1) is 19.3 Å². The maximum absolute atomic E-state index is 5.72. The van der Waals surface area contributed by atoms with Crippen molar-refractivity contribution in [2.45, 2.75) is 19.9 Å². The normalized spacial score (nSPS) is 12.2. The summed E-state index contributed by atoms with van der Waals surface area (Å²) >= 11 is 0. The summed E-state index contributed by atoms with van der Waals surface area (Å²) in [4.78, 5) is 4.10. The Kier molecular flexibility index (Phi) is 2.47. The van der Waals surface area contributed by atoms with Gasteiger partial charge in [0.1, 0.15) is 5.69 Å². The van der Waals surface area contributed by atoms with Gasteiger partial charge in [0.15, 0.2) is 0 Å². The van der Waals surface area contributed by atoms with Crippen LogP contribution in [0.1, 0.15) is 29.8 Å². The number of pyridine rings is 1. The lowest BCUT2D eigenvalue weighted by Gasteiger charge is -2.07. The van der Waals surface area contributed by atoms with Gasteiger partial charge < -0.3 is 5.73 Å². The van der Waals surface area contributed by atoms with Gasteiger partial charge in [0.2, 0.25) is 0 Å². The minimum absolute atomic E-state index is 0.0524. The van der Waals surface area contributed by atoms with Gasteiger partial charge in [-0.15, -0.1) is 6.42 Å². The van der Waals surface area contributed by atoms with Crippen molar-refractivity contribution in [2.75, 3.05) is 0 Å². The molecule has 0 aliphatic rings. The van der Waals surface area contributed by atoms with Gasteiger partial charge in [-0.05, 0) is 25.3 Å². The van der Waals surface area contributed by atoms with E-state index >= 15 is 0 Å². The summed E-state index contributed by atoms with van der Waals surface area (Å²) in [6, 6.07) is 1.93. The highest BCUT2D eigenvalue weighted by Gasteiger charge is 2.05. The number of aromatic nitrogens is 1. The van der Waals surface area contributed by atoms with Gasteiger partial charge in [0.05, 0.1) is 0 Å². The minimum Gasteiger partial charge on any atom is -0.324 e. The summed E-state index contributed by atoms with van der Waals surface area (Å²) in [6.45, 7) is 3.87. The number of hydrogen-bond acceptors (Lipinski definition) is 2. The van der Waals surface area contributed by atoms with Crippen molar-refractivity contribution in [1.82, 2.24) is 4.98 Å². The average Bonchev–Trinajstić information content (AvgIpc) is 2.04. The fraction of sp³-hybridized carbons (Fsp3) is 0.300. The van der Waals surface area contributed by atoms with Gasteiger partial charge in [0, 0.05) is 17.8 Å². The molecule has 1 heterocycles. The molecule has 0 fully saturated rings. The third-order valence-corrected chi connectivity index (χ3v) is 1.68. The van der Waals surface area contributed by atoms with Gasteiger partial charge in [-0.1, -0.05) is 6.07 Å². The monoisotopic (exact) mass is 160 g/mol. The summed E-state index contributed by atoms with van der Waals surface area (Å²) < 4.78 is 0. The Morgan fingerprint density at radius 2 is 2.33 bits per heavy atom. The van der Waals surface area contributed by atoms with Crippen molar-refractivity contribution in [1.29, 1.82) is 0 Å². The van der Waals surface area contributed by atoms with E-state index in [0.29, 0.717) is 5.69 Å². The zero-order valence-electron chi connectivity index (χ0n) is 7.33. The Balaban J connectivity index is 3.24. The van der Waals surface area contributed by atoms with E-state index in [4.69, 9.17) is 12.2 Å². The van der Waals surface area contributed by atoms with Crippen LogP contribution in [-0.4, -0.2) is 4.98 Å². The number of terminal acetylenes is 1. The first-order valence-corrected chi connectivity index (χ1v) is 3.84. The first kappa shape index (κ1) is 8.76. The molecule has 0 saturated carbocycles. The third-order valence-electron chi connectivity index (χ3n) is 1.68. The molecule has 0 radical (unpaired) electrons. The summed E-state index contributed by atoms with van der Waals surface area (Å²) in [6.07, 6.45) is 7.02. The highest BCUT2D eigenvalue weighted by molar-refractivity contribution is 5.37. The largest absolute Gasteiger partial charge is 0.324 e. The van der Waals surface area contributed by atoms with E-state index in [1.807, 2.05) is 19.9 Å². The molecule has 1 aromatic rings. The van der Waals surface area contributed by atoms with Crippen molar-refractivity contribution in [3.8, 4) is 12.3 Å². The number of nitrogens with two attached hydrogens (primary N) is 1. The second-order valence-corrected chi connectivity index (χ2v) is 2.88. The fourth-order valence-electron chi connectivity index (χ4n) is 1.06. The molecule has 62 valence electrons. The molecule has 1 atom stereocenters. The van der Waals surface area contributed by atoms with Gasteiger partial charge in [0.25, 0.3) is 0 Å². The SMILES string of the molecule is C#Cc1ncc(C)cc1[C@H](C)N. The zero-order chi connectivity index (χ0) is 9.14. The van der Waals surface area contributed by atoms with E-state index < -0.39 is 0 Å². The molecule has 0 aliphatic carbocycles. The summed E-state index contributed by atoms with van der Waals surface area (Å²) in [5.41, 5.74) is 8.40. The highest BCUT2D eigenvalue weighted by Crippen LogP contribution is 2.14. The van der Waals surface area contributed by atoms with Crippen LogP contribution in [0.25, 0.3) is 0 Å². The molecule has 1 rings (SSSR count). The average molecular weight is 160 g/mol. The molecule has 12 heavy (non-hydrogen) atoms. The van der Waals surface area contributed by atoms with Crippen molar-refractivity contribution in [3.05, 3.63) is 29.1 Å². The van der Waals surface area contributed by atoms with Gasteiger partial charge >= 0.3 is 0 Å². The van der Waals surface area contributed by atoms with Gasteiger partial charge in [-0.25, -0.2) is 4.98 Å². The second-order valence-electron chi connectivity index (χ2n) is 2.88. The summed E-state index contributed by atoms with van der Waals surface area (Å²) in [5.74, 6) is 2.51. The molecule has 2 N–H and O–H groups in total. The highest BCUT2D eigenvalue weighted by atomic mass is 14.7. The van der Waals surface area contributed by atoms with Crippen LogP contribution in [0.5, 0.6) is 0 Å². The standard InChI is InChI=1S/C10H12N2/c1-4-10-9(8(3)11)5-7(2)6-12-10/h1,5-6,8H,11H2,2-3H3/t8-/m0/s1. The lowest BCUT2D eigenvalue weighted by atomic mass is 10.1. The van der Waals surface area contributed by atoms with E-state index in [2.05, 4.69) is 10.9 Å². The zero-order valence-corrected chi connectivity index (χ0v) is 7.33. The fourth-order valence-corrected chi connectivity index (χ4v) is 1.06. The molecule has 1 aromatic heterocycles. The van der Waals surface area contributed by atoms with Crippen LogP contribution < -0.4 is 5.73 Å². The summed E-state index contributed by atoms with van der Waals surface area (Å²) in [7, 11) is 0. The first-order chi connectivity index (χ1) is 5.65. The molecule has 0 bridgehead atoms. The first-order valence-electron chi connectivity index (χ1n) is 3.84. The van der Waals surface area contributed by atoms with Crippen LogP contribution in [0.4, 0.5) is 0 Å². The number of hydrogen-bond donors (Lipinski definition) is 1. The molecule has 0 aliphatic heterocycles. The van der Waals surface area contributed by atoms with E-state index in [-0.39, 0.29) is 6.04 Å². The predicted molar refractivity (Wildman–Crippen MR) is 49.5 cm³/mol. The van der Waals surface area contributed by atoms with Crippen molar-refractivity contribution in [2.24, 2.45) is 5.73 Å². The Morgan fingerprint density at radius 1 is 1.67 bits per heavy atom. The van der Waals surface area contributed by atoms with Crippen LogP contribution in [0.15, 0.2) is 12.3 Å². The lowest BCUT2D eigenvalue weighted by Crippen LogP contribution is -2.08. The Bertz CT molecular complexity index is 321. The molecule has 0 aromatic carbocycles. The van der Waals surface area contributed by atoms with E-state index in [9.17, 15) is 0 Å². The maximum atomic E-state index is 5.72. The van der Waals surface area contributed by atoms with E-state index in [0.717, 1.165) is 11.1 Å². The third kappa shape index (κ3) is 1.63. The quantitative estimate of drug-likeness (QED) is 0.630. The summed E-state index contributed by atoms with van der Waals surface area (Å²) in [5, 5.41) is 0. The number of aryl methyl sites for hydroxylation is 1. The van der Waals surface area contributed by atoms with E-state index in [1.165, 1.54) is 0 Å². The van der Waals surface area contributed by atoms with Crippen LogP contribution in [0.3, 0.4) is 0 Å². The van der Waals surface area contributed by atoms with Crippen molar-refractivity contribution >= 4 is 0 Å². The molecule has 2 nitrogen and oxygen atoms in total. The van der Waals surface area contributed by atoms with Crippen LogP contribution >= 0.6 is 0 Å². The molecule has 0 spiro atoms. The topological polar surface area (TPSA) is 38.9 Å². The molecule has 0 amide bonds. The van der Waals surface area contributed by atoms with E-state index in [1.54, 1.807) is 6.20 Å². The van der Waals surface area contributed by atoms with Gasteiger partial charge in [-0.2, -0.15) is 0 Å². The lowest BCUT2D eigenvalue weighted by molar-refractivity contribution is 0.805. The smallest absolute Gasteiger partial charge is 0.117 e. The van der Waals surface area contributed by atoms with Crippen LogP contribution in [-0.2, 0) is 0 Å². The Hall–Kier alpha value is -1.33. The second kappa shape index (κ2) is 3.38. The van der Waals surface area contributed by atoms with Crippen molar-refractivity contribution < 1.29 is 0 Å². The number of rotatable bonds is 1. The Labute approximate surface area is 72.8 Å². The van der Waals surface area contributed by atoms with Crippen LogP contribution in [0.2, 0.25) is 0 Å². The minimum atomic E-state index is -0.0524. The van der Waals surface area contributed by atoms with Gasteiger partial charge in [-0.3, -0.25) is 0 Å².